The topological polar surface area (TPSA) is 194 Å². The van der Waals surface area contributed by atoms with E-state index in [1.54, 1.807) is 25.1 Å². The second-order valence-electron chi connectivity index (χ2n) is 11.6. The third-order valence-corrected chi connectivity index (χ3v) is 7.84. The van der Waals surface area contributed by atoms with Gasteiger partial charge in [-0.2, -0.15) is 4.98 Å². The Morgan fingerprint density at radius 2 is 1.71 bits per heavy atom. The average molecular weight is 716 g/mol. The molecule has 1 N–H and O–H groups in total. The molecule has 5 aromatic rings. The van der Waals surface area contributed by atoms with Crippen LogP contribution in [0.3, 0.4) is 0 Å². The van der Waals surface area contributed by atoms with Crippen molar-refractivity contribution in [2.75, 3.05) is 32.9 Å². The first-order valence-electron chi connectivity index (χ1n) is 16.9. The van der Waals surface area contributed by atoms with Gasteiger partial charge in [-0.1, -0.05) is 61.5 Å². The van der Waals surface area contributed by atoms with Crippen molar-refractivity contribution in [2.24, 2.45) is 11.2 Å². The number of ether oxygens (including phenoxy) is 4. The fourth-order valence-corrected chi connectivity index (χ4v) is 5.30. The van der Waals surface area contributed by atoms with E-state index in [4.69, 9.17) is 23.8 Å². The van der Waals surface area contributed by atoms with Crippen LogP contribution in [0.4, 0.5) is 4.79 Å². The standard InChI is InChI=1S/C35H41N9O8/c1-6-42(7-2)44(47)41-50-22-23(4)21-49-35(46)52-24(5)51-33(45)29-14-11-15-30-31(29)43(34(36-30)48-8-3)20-25-16-18-26(19-17-25)27-12-9-10-13-28(27)32-37-39-40-38-32/h9-19,23-24H,6-8,20-22H2,1-5H3,(H,37,38,39,40)/b44-41-/t23-,24?/m1/s1. The number of hydrogen-bond donors (Lipinski definition) is 1. The highest BCUT2D eigenvalue weighted by atomic mass is 16.8. The Balaban J connectivity index is 1.24. The van der Waals surface area contributed by atoms with Crippen LogP contribution in [0, 0.1) is 11.1 Å². The van der Waals surface area contributed by atoms with Gasteiger partial charge < -0.3 is 29.0 Å². The van der Waals surface area contributed by atoms with Crippen LogP contribution in [0.5, 0.6) is 6.01 Å². The SMILES string of the molecule is CCOc1nc2cccc(C(=O)OC(C)OC(=O)OC[C@@H](C)CO/N=[N+](\[O-])N(CC)CC)c2n1Cc1ccc(-c2ccccc2-c2nnn[nH]2)cc1. The minimum atomic E-state index is -1.27. The van der Waals surface area contributed by atoms with Crippen LogP contribution in [0.2, 0.25) is 0 Å². The number of hydrogen-bond acceptors (Lipinski definition) is 13. The molecule has 0 aliphatic rings. The van der Waals surface area contributed by atoms with Gasteiger partial charge in [0.15, 0.2) is 5.82 Å². The maximum Gasteiger partial charge on any atom is 0.511 e. The Kier molecular flexibility index (Phi) is 12.5. The van der Waals surface area contributed by atoms with E-state index in [0.29, 0.717) is 54.1 Å². The second-order valence-corrected chi connectivity index (χ2v) is 11.6. The lowest BCUT2D eigenvalue weighted by Gasteiger charge is -2.16. The molecule has 274 valence electrons. The molecule has 52 heavy (non-hydrogen) atoms. The predicted octanol–water partition coefficient (Wildman–Crippen LogP) is 5.77. The number of imidazole rings is 1. The summed E-state index contributed by atoms with van der Waals surface area (Å²) in [6.45, 7) is 10.2. The lowest BCUT2D eigenvalue weighted by molar-refractivity contribution is -0.710. The van der Waals surface area contributed by atoms with E-state index in [2.05, 4.69) is 30.9 Å². The first-order chi connectivity index (χ1) is 25.2. The number of nitrogens with one attached hydrogen (secondary N) is 1. The van der Waals surface area contributed by atoms with Gasteiger partial charge in [-0.3, -0.25) is 4.57 Å². The largest absolute Gasteiger partial charge is 0.569 e. The predicted molar refractivity (Wildman–Crippen MR) is 186 cm³/mol. The lowest BCUT2D eigenvalue weighted by Crippen LogP contribution is -2.30. The summed E-state index contributed by atoms with van der Waals surface area (Å²) in [5.74, 6) is -0.474. The van der Waals surface area contributed by atoms with Crippen molar-refractivity contribution >= 4 is 23.2 Å². The fourth-order valence-electron chi connectivity index (χ4n) is 5.30. The number of carbonyl (C=O) groups is 2. The second kappa shape index (κ2) is 17.6. The molecule has 5 rings (SSSR count). The van der Waals surface area contributed by atoms with Gasteiger partial charge in [0.05, 0.1) is 47.8 Å². The highest BCUT2D eigenvalue weighted by molar-refractivity contribution is 6.02. The van der Waals surface area contributed by atoms with Crippen LogP contribution in [0.1, 0.15) is 50.5 Å². The van der Waals surface area contributed by atoms with Gasteiger partial charge in [0.25, 0.3) is 6.01 Å². The van der Waals surface area contributed by atoms with Crippen molar-refractivity contribution in [3.05, 3.63) is 83.1 Å². The monoisotopic (exact) mass is 715 g/mol. The summed E-state index contributed by atoms with van der Waals surface area (Å²) in [5.41, 5.74) is 4.94. The Labute approximate surface area is 299 Å². The normalized spacial score (nSPS) is 12.6. The Hall–Kier alpha value is -6.26. The van der Waals surface area contributed by atoms with Gasteiger partial charge >= 0.3 is 12.1 Å². The third kappa shape index (κ3) is 9.09. The van der Waals surface area contributed by atoms with Crippen molar-refractivity contribution < 1.29 is 38.3 Å². The van der Waals surface area contributed by atoms with Crippen molar-refractivity contribution in [1.82, 2.24) is 35.2 Å². The minimum absolute atomic E-state index is 0.0268. The Morgan fingerprint density at radius 3 is 2.40 bits per heavy atom. The van der Waals surface area contributed by atoms with Crippen molar-refractivity contribution in [3.8, 4) is 28.5 Å². The number of tetrazole rings is 1. The smallest absolute Gasteiger partial charge is 0.511 e. The third-order valence-electron chi connectivity index (χ3n) is 7.84. The van der Waals surface area contributed by atoms with Gasteiger partial charge in [0.2, 0.25) is 11.6 Å². The summed E-state index contributed by atoms with van der Waals surface area (Å²) < 4.78 is 23.5. The molecule has 2 atom stereocenters. The molecule has 0 spiro atoms. The number of carbonyl (C=O) groups excluding carboxylic acids is 2. The first kappa shape index (κ1) is 37.0. The van der Waals surface area contributed by atoms with E-state index >= 15 is 0 Å². The van der Waals surface area contributed by atoms with E-state index in [1.165, 1.54) is 11.9 Å². The number of H-pyrrole nitrogens is 1. The van der Waals surface area contributed by atoms with Crippen LogP contribution in [0.15, 0.2) is 72.0 Å². The summed E-state index contributed by atoms with van der Waals surface area (Å²) >= 11 is 0. The van der Waals surface area contributed by atoms with E-state index < -0.39 is 18.4 Å². The molecule has 0 amide bonds. The van der Waals surface area contributed by atoms with Gasteiger partial charge in [-0.25, -0.2) is 14.7 Å². The molecular weight excluding hydrogens is 674 g/mol. The molecule has 17 heteroatoms. The number of esters is 1. The maximum atomic E-state index is 13.5. The minimum Gasteiger partial charge on any atom is -0.569 e. The molecule has 2 aromatic heterocycles. The van der Waals surface area contributed by atoms with E-state index in [9.17, 15) is 14.8 Å². The molecule has 0 bridgehead atoms. The fraction of sp³-hybridized carbons (Fsp3) is 0.371. The molecule has 1 unspecified atom stereocenters. The first-order valence-corrected chi connectivity index (χ1v) is 16.9. The highest BCUT2D eigenvalue weighted by Crippen LogP contribution is 2.31. The van der Waals surface area contributed by atoms with Crippen LogP contribution in [-0.2, 0) is 25.6 Å². The van der Waals surface area contributed by atoms with E-state index in [-0.39, 0.29) is 24.7 Å². The maximum absolute atomic E-state index is 13.5. The number of nitrogens with zero attached hydrogens (tertiary/aromatic N) is 8. The van der Waals surface area contributed by atoms with Gasteiger partial charge in [0.1, 0.15) is 13.2 Å². The molecule has 0 aliphatic carbocycles. The van der Waals surface area contributed by atoms with Crippen LogP contribution < -0.4 is 4.74 Å². The highest BCUT2D eigenvalue weighted by Gasteiger charge is 2.24. The number of benzene rings is 3. The zero-order chi connectivity index (χ0) is 37.0. The van der Waals surface area contributed by atoms with Crippen LogP contribution in [0.25, 0.3) is 33.5 Å². The number of fused-ring (bicyclic) bond motifs is 1. The molecule has 2 heterocycles. The lowest BCUT2D eigenvalue weighted by atomic mass is 9.98. The number of aromatic nitrogens is 6. The van der Waals surface area contributed by atoms with Gasteiger partial charge in [0, 0.05) is 18.4 Å². The Bertz CT molecular complexity index is 1960. The zero-order valence-corrected chi connectivity index (χ0v) is 29.6. The molecule has 0 saturated heterocycles. The quantitative estimate of drug-likeness (QED) is 0.0401. The van der Waals surface area contributed by atoms with E-state index in [1.807, 2.05) is 73.9 Å². The Morgan fingerprint density at radius 1 is 0.962 bits per heavy atom. The summed E-state index contributed by atoms with van der Waals surface area (Å²) in [6.07, 6.45) is -2.31. The van der Waals surface area contributed by atoms with E-state index in [0.717, 1.165) is 22.3 Å². The summed E-state index contributed by atoms with van der Waals surface area (Å²) in [4.78, 5) is 35.9. The molecular formula is C35H41N9O8. The van der Waals surface area contributed by atoms with Crippen molar-refractivity contribution in [1.29, 1.82) is 0 Å². The van der Waals surface area contributed by atoms with Gasteiger partial charge in [-0.15, -0.1) is 10.1 Å². The van der Waals surface area contributed by atoms with Crippen molar-refractivity contribution in [3.63, 3.8) is 0 Å². The summed E-state index contributed by atoms with van der Waals surface area (Å²) in [7, 11) is 0. The zero-order valence-electron chi connectivity index (χ0n) is 29.6. The number of aromatic amines is 1. The number of para-hydroxylation sites is 1. The summed E-state index contributed by atoms with van der Waals surface area (Å²) in [5, 5.41) is 31.0. The van der Waals surface area contributed by atoms with Crippen LogP contribution in [-0.4, -0.2) is 91.5 Å². The number of rotatable bonds is 17. The summed E-state index contributed by atoms with van der Waals surface area (Å²) in [6, 6.07) is 21.2. The molecule has 3 aromatic carbocycles. The molecule has 0 radical (unpaired) electrons. The van der Waals surface area contributed by atoms with Gasteiger partial charge in [-0.05, 0) is 60.0 Å². The average Bonchev–Trinajstić information content (AvgIpc) is 3.80. The number of hydrazine groups is 1. The molecule has 0 aliphatic heterocycles. The van der Waals surface area contributed by atoms with Crippen molar-refractivity contribution in [2.45, 2.75) is 47.5 Å². The molecule has 0 saturated carbocycles. The molecule has 17 nitrogen and oxygen atoms in total. The van der Waals surface area contributed by atoms with Crippen LogP contribution >= 0.6 is 0 Å². The molecule has 0 fully saturated rings.